The highest BCUT2D eigenvalue weighted by atomic mass is 19.3. The fraction of sp³-hybridized carbons (Fsp3) is 0.368. The van der Waals surface area contributed by atoms with Gasteiger partial charge in [-0.05, 0) is 17.7 Å². The molecule has 2 aromatic heterocycles. The van der Waals surface area contributed by atoms with Gasteiger partial charge in [0.2, 0.25) is 5.91 Å². The number of aryl methyl sites for hydroxylation is 1. The summed E-state index contributed by atoms with van der Waals surface area (Å²) >= 11 is 0. The van der Waals surface area contributed by atoms with E-state index < -0.39 is 6.61 Å². The number of piperazine rings is 1. The highest BCUT2D eigenvalue weighted by Crippen LogP contribution is 2.23. The second kappa shape index (κ2) is 7.98. The van der Waals surface area contributed by atoms with Gasteiger partial charge in [0.1, 0.15) is 17.9 Å². The third-order valence-corrected chi connectivity index (χ3v) is 4.94. The Morgan fingerprint density at radius 1 is 1.14 bits per heavy atom. The molecule has 152 valence electrons. The average Bonchev–Trinajstić information content (AvgIpc) is 3.10. The summed E-state index contributed by atoms with van der Waals surface area (Å²) in [5.74, 6) is 0.905. The number of ether oxygens (including phenoxy) is 1. The zero-order chi connectivity index (χ0) is 20.4. The summed E-state index contributed by atoms with van der Waals surface area (Å²) in [6.07, 6.45) is 3.50. The zero-order valence-corrected chi connectivity index (χ0v) is 15.8. The number of nitrogens with zero attached hydrogens (tertiary/aromatic N) is 6. The minimum absolute atomic E-state index is 0.00129. The van der Waals surface area contributed by atoms with Crippen LogP contribution in [0.25, 0.3) is 11.0 Å². The first-order chi connectivity index (χ1) is 14.0. The maximum absolute atomic E-state index is 12.6. The zero-order valence-electron chi connectivity index (χ0n) is 15.8. The van der Waals surface area contributed by atoms with Crippen LogP contribution in [0, 0.1) is 0 Å². The van der Waals surface area contributed by atoms with Crippen LogP contribution in [0.5, 0.6) is 5.75 Å². The molecule has 0 radical (unpaired) electrons. The van der Waals surface area contributed by atoms with Crippen LogP contribution in [-0.2, 0) is 18.3 Å². The van der Waals surface area contributed by atoms with E-state index in [9.17, 15) is 13.6 Å². The van der Waals surface area contributed by atoms with Crippen LogP contribution in [0.1, 0.15) is 5.56 Å². The number of carbonyl (C=O) groups is 1. The van der Waals surface area contributed by atoms with Gasteiger partial charge in [0.25, 0.3) is 0 Å². The van der Waals surface area contributed by atoms with Gasteiger partial charge in [0.15, 0.2) is 5.65 Å². The number of halogens is 2. The van der Waals surface area contributed by atoms with E-state index in [0.29, 0.717) is 26.2 Å². The molecule has 1 fully saturated rings. The number of carbonyl (C=O) groups excluding carboxylic acids is 1. The van der Waals surface area contributed by atoms with Gasteiger partial charge in [-0.25, -0.2) is 9.97 Å². The Bertz CT molecular complexity index is 1000. The van der Waals surface area contributed by atoms with Crippen molar-refractivity contribution < 1.29 is 18.3 Å². The second-order valence-corrected chi connectivity index (χ2v) is 6.77. The molecule has 0 spiro atoms. The number of alkyl halides is 2. The van der Waals surface area contributed by atoms with Crippen LogP contribution in [0.2, 0.25) is 0 Å². The van der Waals surface area contributed by atoms with Crippen molar-refractivity contribution in [3.05, 3.63) is 42.4 Å². The Labute approximate surface area is 165 Å². The van der Waals surface area contributed by atoms with E-state index in [0.717, 1.165) is 22.4 Å². The van der Waals surface area contributed by atoms with Gasteiger partial charge in [-0.2, -0.15) is 13.9 Å². The third kappa shape index (κ3) is 4.10. The molecule has 29 heavy (non-hydrogen) atoms. The van der Waals surface area contributed by atoms with Gasteiger partial charge >= 0.3 is 6.61 Å². The first-order valence-electron chi connectivity index (χ1n) is 9.20. The Hall–Kier alpha value is -3.30. The lowest BCUT2D eigenvalue weighted by Gasteiger charge is -2.35. The van der Waals surface area contributed by atoms with Crippen molar-refractivity contribution in [3.63, 3.8) is 0 Å². The van der Waals surface area contributed by atoms with Crippen molar-refractivity contribution in [2.45, 2.75) is 13.0 Å². The minimum Gasteiger partial charge on any atom is -0.435 e. The molecule has 4 rings (SSSR count). The molecule has 1 aliphatic heterocycles. The number of anilines is 1. The SMILES string of the molecule is Cn1ncc2c(N3CCN(C(=O)Cc4ccc(OC(F)F)cc4)CC3)ncnc21. The molecule has 10 heteroatoms. The monoisotopic (exact) mass is 402 g/mol. The highest BCUT2D eigenvalue weighted by Gasteiger charge is 2.24. The maximum atomic E-state index is 12.6. The summed E-state index contributed by atoms with van der Waals surface area (Å²) in [6.45, 7) is -0.377. The fourth-order valence-electron chi connectivity index (χ4n) is 3.44. The fourth-order valence-corrected chi connectivity index (χ4v) is 3.44. The van der Waals surface area contributed by atoms with E-state index in [4.69, 9.17) is 0 Å². The Morgan fingerprint density at radius 2 is 1.86 bits per heavy atom. The van der Waals surface area contributed by atoms with E-state index >= 15 is 0 Å². The van der Waals surface area contributed by atoms with E-state index in [-0.39, 0.29) is 18.1 Å². The van der Waals surface area contributed by atoms with Crippen molar-refractivity contribution in [1.29, 1.82) is 0 Å². The summed E-state index contributed by atoms with van der Waals surface area (Å²) in [5.41, 5.74) is 1.53. The lowest BCUT2D eigenvalue weighted by molar-refractivity contribution is -0.130. The number of aromatic nitrogens is 4. The standard InChI is InChI=1S/C19H20F2N6O2/c1-25-17-15(11-24-25)18(23-12-22-17)27-8-6-26(7-9-27)16(28)10-13-2-4-14(5-3-13)29-19(20)21/h2-5,11-12,19H,6-10H2,1H3. The molecule has 0 bridgehead atoms. The first-order valence-corrected chi connectivity index (χ1v) is 9.20. The first kappa shape index (κ1) is 19.0. The van der Waals surface area contributed by atoms with Crippen molar-refractivity contribution in [2.24, 2.45) is 7.05 Å². The molecule has 1 saturated heterocycles. The van der Waals surface area contributed by atoms with Crippen LogP contribution < -0.4 is 9.64 Å². The highest BCUT2D eigenvalue weighted by molar-refractivity contribution is 5.87. The van der Waals surface area contributed by atoms with Gasteiger partial charge < -0.3 is 14.5 Å². The molecule has 1 aliphatic rings. The van der Waals surface area contributed by atoms with Gasteiger partial charge in [0, 0.05) is 33.2 Å². The third-order valence-electron chi connectivity index (χ3n) is 4.94. The molecule has 3 heterocycles. The molecular formula is C19H20F2N6O2. The Morgan fingerprint density at radius 3 is 2.55 bits per heavy atom. The smallest absolute Gasteiger partial charge is 0.387 e. The van der Waals surface area contributed by atoms with Crippen molar-refractivity contribution in [3.8, 4) is 5.75 Å². The molecule has 0 saturated carbocycles. The van der Waals surface area contributed by atoms with E-state index in [1.807, 2.05) is 11.9 Å². The molecule has 0 aliphatic carbocycles. The number of benzene rings is 1. The summed E-state index contributed by atoms with van der Waals surface area (Å²) in [4.78, 5) is 25.2. The molecule has 0 N–H and O–H groups in total. The van der Waals surface area contributed by atoms with E-state index in [1.54, 1.807) is 23.0 Å². The van der Waals surface area contributed by atoms with E-state index in [1.165, 1.54) is 18.5 Å². The predicted octanol–water partition coefficient (Wildman–Crippen LogP) is 1.86. The van der Waals surface area contributed by atoms with Crippen molar-refractivity contribution in [2.75, 3.05) is 31.1 Å². The summed E-state index contributed by atoms with van der Waals surface area (Å²) in [5, 5.41) is 5.13. The number of rotatable bonds is 5. The summed E-state index contributed by atoms with van der Waals surface area (Å²) in [7, 11) is 1.84. The minimum atomic E-state index is -2.86. The van der Waals surface area contributed by atoms with Crippen LogP contribution >= 0.6 is 0 Å². The van der Waals surface area contributed by atoms with Gasteiger partial charge in [0.05, 0.1) is 18.0 Å². The summed E-state index contributed by atoms with van der Waals surface area (Å²) < 4.78 is 30.5. The number of fused-ring (bicyclic) bond motifs is 1. The summed E-state index contributed by atoms with van der Waals surface area (Å²) in [6, 6.07) is 6.15. The van der Waals surface area contributed by atoms with Crippen LogP contribution in [0.3, 0.4) is 0 Å². The van der Waals surface area contributed by atoms with Gasteiger partial charge in [-0.3, -0.25) is 9.48 Å². The average molecular weight is 402 g/mol. The molecule has 8 nitrogen and oxygen atoms in total. The topological polar surface area (TPSA) is 76.4 Å². The number of amides is 1. The molecule has 0 unspecified atom stereocenters. The van der Waals surface area contributed by atoms with Crippen LogP contribution in [0.4, 0.5) is 14.6 Å². The van der Waals surface area contributed by atoms with Gasteiger partial charge in [-0.1, -0.05) is 12.1 Å². The molecular weight excluding hydrogens is 382 g/mol. The molecule has 0 atom stereocenters. The van der Waals surface area contributed by atoms with Gasteiger partial charge in [-0.15, -0.1) is 0 Å². The largest absolute Gasteiger partial charge is 0.435 e. The Kier molecular flexibility index (Phi) is 5.24. The molecule has 1 amide bonds. The normalized spacial score (nSPS) is 14.6. The Balaban J connectivity index is 1.36. The maximum Gasteiger partial charge on any atom is 0.387 e. The van der Waals surface area contributed by atoms with Crippen molar-refractivity contribution in [1.82, 2.24) is 24.6 Å². The predicted molar refractivity (Wildman–Crippen MR) is 102 cm³/mol. The van der Waals surface area contributed by atoms with Crippen LogP contribution in [0.15, 0.2) is 36.8 Å². The quantitative estimate of drug-likeness (QED) is 0.649. The second-order valence-electron chi connectivity index (χ2n) is 6.77. The van der Waals surface area contributed by atoms with E-state index in [2.05, 4.69) is 24.7 Å². The van der Waals surface area contributed by atoms with Crippen molar-refractivity contribution >= 4 is 22.8 Å². The van der Waals surface area contributed by atoms with Crippen LogP contribution in [-0.4, -0.2) is 63.3 Å². The molecule has 3 aromatic rings. The number of hydrogen-bond acceptors (Lipinski definition) is 6. The number of hydrogen-bond donors (Lipinski definition) is 0. The molecule has 1 aromatic carbocycles. The lowest BCUT2D eigenvalue weighted by atomic mass is 10.1. The lowest BCUT2D eigenvalue weighted by Crippen LogP contribution is -2.49.